The van der Waals surface area contributed by atoms with Crippen LogP contribution in [0.5, 0.6) is 0 Å². The van der Waals surface area contributed by atoms with Crippen LogP contribution in [0.3, 0.4) is 0 Å². The molecule has 1 atom stereocenters. The number of aryl methyl sites for hydroxylation is 1. The Kier molecular flexibility index (Phi) is 5.93. The zero-order chi connectivity index (χ0) is 16.0. The molecule has 0 bridgehead atoms. The van der Waals surface area contributed by atoms with Crippen molar-refractivity contribution in [3.05, 3.63) is 29.8 Å². The van der Waals surface area contributed by atoms with Crippen molar-refractivity contribution in [3.63, 3.8) is 0 Å². The van der Waals surface area contributed by atoms with E-state index < -0.39 is 10.0 Å². The van der Waals surface area contributed by atoms with Gasteiger partial charge in [0, 0.05) is 26.1 Å². The third kappa shape index (κ3) is 5.08. The summed E-state index contributed by atoms with van der Waals surface area (Å²) >= 11 is 0. The molecule has 2 N–H and O–H groups in total. The average molecular weight is 326 g/mol. The molecule has 1 aliphatic heterocycles. The molecule has 1 aromatic carbocycles. The van der Waals surface area contributed by atoms with Crippen molar-refractivity contribution in [3.8, 4) is 0 Å². The van der Waals surface area contributed by atoms with Gasteiger partial charge in [-0.1, -0.05) is 17.7 Å². The van der Waals surface area contributed by atoms with Gasteiger partial charge in [-0.05, 0) is 31.9 Å². The Hall–Kier alpha value is -1.44. The summed E-state index contributed by atoms with van der Waals surface area (Å²) in [5.74, 6) is -0.179. The number of rotatable bonds is 7. The van der Waals surface area contributed by atoms with Crippen LogP contribution < -0.4 is 10.0 Å². The van der Waals surface area contributed by atoms with Crippen LogP contribution in [0.25, 0.3) is 0 Å². The molecule has 0 aliphatic carbocycles. The molecule has 0 saturated carbocycles. The van der Waals surface area contributed by atoms with Gasteiger partial charge in [0.2, 0.25) is 15.9 Å². The van der Waals surface area contributed by atoms with E-state index in [1.807, 2.05) is 6.92 Å². The molecule has 1 fully saturated rings. The van der Waals surface area contributed by atoms with Crippen LogP contribution in [0.4, 0.5) is 0 Å². The number of amides is 1. The average Bonchev–Trinajstić information content (AvgIpc) is 2.99. The molecular weight excluding hydrogens is 304 g/mol. The highest BCUT2D eigenvalue weighted by molar-refractivity contribution is 7.89. The number of carbonyl (C=O) groups excluding carboxylic acids is 1. The molecule has 0 aromatic heterocycles. The van der Waals surface area contributed by atoms with Crippen LogP contribution in [-0.4, -0.2) is 40.1 Å². The Morgan fingerprint density at radius 2 is 2.05 bits per heavy atom. The molecule has 7 heteroatoms. The molecular formula is C15H22N2O4S. The maximum Gasteiger partial charge on any atom is 0.240 e. The molecule has 0 radical (unpaired) electrons. The van der Waals surface area contributed by atoms with E-state index in [9.17, 15) is 13.2 Å². The fraction of sp³-hybridized carbons (Fsp3) is 0.533. The van der Waals surface area contributed by atoms with Crippen molar-refractivity contribution in [2.45, 2.75) is 37.2 Å². The highest BCUT2D eigenvalue weighted by atomic mass is 32.2. The lowest BCUT2D eigenvalue weighted by molar-refractivity contribution is -0.121. The Bertz CT molecular complexity index is 592. The summed E-state index contributed by atoms with van der Waals surface area (Å²) in [6.45, 7) is 3.20. The molecule has 0 spiro atoms. The number of nitrogens with one attached hydrogen (secondary N) is 2. The number of sulfonamides is 1. The van der Waals surface area contributed by atoms with E-state index in [0.717, 1.165) is 25.0 Å². The first-order valence-corrected chi connectivity index (χ1v) is 8.90. The van der Waals surface area contributed by atoms with Crippen molar-refractivity contribution < 1.29 is 17.9 Å². The zero-order valence-corrected chi connectivity index (χ0v) is 13.5. The van der Waals surface area contributed by atoms with Crippen molar-refractivity contribution in [1.82, 2.24) is 10.0 Å². The molecule has 1 aromatic rings. The Morgan fingerprint density at radius 3 is 2.68 bits per heavy atom. The van der Waals surface area contributed by atoms with Gasteiger partial charge in [0.25, 0.3) is 0 Å². The summed E-state index contributed by atoms with van der Waals surface area (Å²) in [6.07, 6.45) is 2.18. The first-order valence-electron chi connectivity index (χ1n) is 7.42. The number of benzene rings is 1. The first kappa shape index (κ1) is 16.9. The predicted octanol–water partition coefficient (Wildman–Crippen LogP) is 0.959. The van der Waals surface area contributed by atoms with Crippen LogP contribution in [-0.2, 0) is 19.6 Å². The summed E-state index contributed by atoms with van der Waals surface area (Å²) in [6, 6.07) is 6.58. The second-order valence-electron chi connectivity index (χ2n) is 5.40. The van der Waals surface area contributed by atoms with Gasteiger partial charge < -0.3 is 10.1 Å². The molecule has 6 nitrogen and oxygen atoms in total. The van der Waals surface area contributed by atoms with Gasteiger partial charge in [-0.3, -0.25) is 4.79 Å². The van der Waals surface area contributed by atoms with Gasteiger partial charge in [-0.15, -0.1) is 0 Å². The third-order valence-electron chi connectivity index (χ3n) is 3.53. The van der Waals surface area contributed by atoms with Crippen LogP contribution in [0.2, 0.25) is 0 Å². The second-order valence-corrected chi connectivity index (χ2v) is 7.17. The number of hydrogen-bond acceptors (Lipinski definition) is 4. The number of carbonyl (C=O) groups is 1. The minimum atomic E-state index is -3.56. The molecule has 1 unspecified atom stereocenters. The van der Waals surface area contributed by atoms with E-state index >= 15 is 0 Å². The zero-order valence-electron chi connectivity index (χ0n) is 12.7. The minimum absolute atomic E-state index is 0.0770. The van der Waals surface area contributed by atoms with E-state index in [0.29, 0.717) is 6.54 Å². The van der Waals surface area contributed by atoms with Gasteiger partial charge in [0.05, 0.1) is 11.0 Å². The van der Waals surface area contributed by atoms with Crippen molar-refractivity contribution in [2.75, 3.05) is 19.7 Å². The van der Waals surface area contributed by atoms with Gasteiger partial charge in [0.15, 0.2) is 0 Å². The molecule has 1 amide bonds. The monoisotopic (exact) mass is 326 g/mol. The Balaban J connectivity index is 1.72. The highest BCUT2D eigenvalue weighted by Gasteiger charge is 2.17. The fourth-order valence-electron chi connectivity index (χ4n) is 2.22. The largest absolute Gasteiger partial charge is 0.376 e. The lowest BCUT2D eigenvalue weighted by Crippen LogP contribution is -2.34. The number of ether oxygens (including phenoxy) is 1. The van der Waals surface area contributed by atoms with Gasteiger partial charge in [-0.2, -0.15) is 0 Å². The standard InChI is InChI=1S/C15H22N2O4S/c1-12-4-6-14(7-5-12)22(19,20)17-9-8-15(18)16-11-13-3-2-10-21-13/h4-7,13,17H,2-3,8-11H2,1H3,(H,16,18). The quantitative estimate of drug-likeness (QED) is 0.781. The first-order chi connectivity index (χ1) is 10.5. The molecule has 122 valence electrons. The van der Waals surface area contributed by atoms with Crippen molar-refractivity contribution >= 4 is 15.9 Å². The van der Waals surface area contributed by atoms with Crippen LogP contribution in [0.1, 0.15) is 24.8 Å². The summed E-state index contributed by atoms with van der Waals surface area (Å²) in [5, 5.41) is 2.76. The minimum Gasteiger partial charge on any atom is -0.376 e. The smallest absolute Gasteiger partial charge is 0.240 e. The van der Waals surface area contributed by atoms with Crippen LogP contribution in [0, 0.1) is 6.92 Å². The molecule has 1 saturated heterocycles. The van der Waals surface area contributed by atoms with Gasteiger partial charge in [-0.25, -0.2) is 13.1 Å². The molecule has 1 aliphatic rings. The summed E-state index contributed by atoms with van der Waals surface area (Å²) in [7, 11) is -3.56. The van der Waals surface area contributed by atoms with E-state index in [1.165, 1.54) is 0 Å². The summed E-state index contributed by atoms with van der Waals surface area (Å²) in [4.78, 5) is 11.9. The normalized spacial score (nSPS) is 18.3. The molecule has 2 rings (SSSR count). The summed E-state index contributed by atoms with van der Waals surface area (Å²) in [5.41, 5.74) is 0.993. The van der Waals surface area contributed by atoms with Gasteiger partial charge >= 0.3 is 0 Å². The fourth-order valence-corrected chi connectivity index (χ4v) is 3.25. The Morgan fingerprint density at radius 1 is 1.32 bits per heavy atom. The van der Waals surface area contributed by atoms with Crippen molar-refractivity contribution in [1.29, 1.82) is 0 Å². The van der Waals surface area contributed by atoms with E-state index in [1.54, 1.807) is 24.3 Å². The van der Waals surface area contributed by atoms with Crippen LogP contribution in [0.15, 0.2) is 29.2 Å². The maximum absolute atomic E-state index is 12.0. The predicted molar refractivity (Wildman–Crippen MR) is 83.0 cm³/mol. The molecule has 22 heavy (non-hydrogen) atoms. The van der Waals surface area contributed by atoms with Gasteiger partial charge in [0.1, 0.15) is 0 Å². The maximum atomic E-state index is 12.0. The lowest BCUT2D eigenvalue weighted by atomic mass is 10.2. The van der Waals surface area contributed by atoms with E-state index in [4.69, 9.17) is 4.74 Å². The topological polar surface area (TPSA) is 84.5 Å². The van der Waals surface area contributed by atoms with Crippen molar-refractivity contribution in [2.24, 2.45) is 0 Å². The number of hydrogen-bond donors (Lipinski definition) is 2. The van der Waals surface area contributed by atoms with E-state index in [2.05, 4.69) is 10.0 Å². The Labute approximate surface area is 131 Å². The second kappa shape index (κ2) is 7.71. The summed E-state index contributed by atoms with van der Waals surface area (Å²) < 4.78 is 31.9. The third-order valence-corrected chi connectivity index (χ3v) is 5.00. The highest BCUT2D eigenvalue weighted by Crippen LogP contribution is 2.11. The SMILES string of the molecule is Cc1ccc(S(=O)(=O)NCCC(=O)NCC2CCCO2)cc1. The molecule has 1 heterocycles. The van der Waals surface area contributed by atoms with E-state index in [-0.39, 0.29) is 29.9 Å². The van der Waals surface area contributed by atoms with Crippen LogP contribution >= 0.6 is 0 Å². The lowest BCUT2D eigenvalue weighted by Gasteiger charge is -2.11.